The molecule has 0 unspecified atom stereocenters. The number of hydrogen-bond acceptors (Lipinski definition) is 5. The van der Waals surface area contributed by atoms with Gasteiger partial charge in [-0.25, -0.2) is 0 Å². The number of rotatable bonds is 5. The second kappa shape index (κ2) is 7.53. The number of hydrazone groups is 1. The minimum Gasteiger partial charge on any atom is -0.496 e. The van der Waals surface area contributed by atoms with Crippen molar-refractivity contribution in [1.82, 2.24) is 0 Å². The topological polar surface area (TPSA) is 60.4 Å². The molecule has 1 heterocycles. The standard InChI is InChI=1S/C21H22N2O4/c1-13-6-8-16(9-7-13)23-21(24)17(14(2)22-23)10-15-11-19(26-4)20(27-5)12-18(15)25-3/h6-12H,1-5H3/b17-10+. The largest absolute Gasteiger partial charge is 0.496 e. The first-order chi connectivity index (χ1) is 13.0. The van der Waals surface area contributed by atoms with Crippen LogP contribution >= 0.6 is 0 Å². The van der Waals surface area contributed by atoms with Gasteiger partial charge in [0.25, 0.3) is 5.91 Å². The van der Waals surface area contributed by atoms with Crippen LogP contribution in [0.2, 0.25) is 0 Å². The first-order valence-electron chi connectivity index (χ1n) is 8.47. The number of anilines is 1. The molecule has 1 amide bonds. The highest BCUT2D eigenvalue weighted by molar-refractivity contribution is 6.32. The lowest BCUT2D eigenvalue weighted by molar-refractivity contribution is -0.114. The fraction of sp³-hybridized carbons (Fsp3) is 0.238. The maximum absolute atomic E-state index is 12.9. The Labute approximate surface area is 158 Å². The molecule has 0 saturated heterocycles. The maximum Gasteiger partial charge on any atom is 0.280 e. The van der Waals surface area contributed by atoms with Gasteiger partial charge in [-0.05, 0) is 38.1 Å². The number of hydrogen-bond donors (Lipinski definition) is 0. The molecule has 3 rings (SSSR count). The molecule has 2 aromatic rings. The predicted molar refractivity (Wildman–Crippen MR) is 106 cm³/mol. The van der Waals surface area contributed by atoms with Crippen molar-refractivity contribution in [3.05, 3.63) is 53.1 Å². The Kier molecular flexibility index (Phi) is 5.16. The molecular formula is C21H22N2O4. The highest BCUT2D eigenvalue weighted by Gasteiger charge is 2.29. The minimum atomic E-state index is -0.187. The quantitative estimate of drug-likeness (QED) is 0.755. The summed E-state index contributed by atoms with van der Waals surface area (Å²) in [5.74, 6) is 1.50. The first kappa shape index (κ1) is 18.5. The lowest BCUT2D eigenvalue weighted by Gasteiger charge is -2.13. The predicted octanol–water partition coefficient (Wildman–Crippen LogP) is 3.83. The van der Waals surface area contributed by atoms with E-state index in [1.807, 2.05) is 38.1 Å². The fourth-order valence-electron chi connectivity index (χ4n) is 2.87. The van der Waals surface area contributed by atoms with E-state index in [0.717, 1.165) is 11.3 Å². The maximum atomic E-state index is 12.9. The summed E-state index contributed by atoms with van der Waals surface area (Å²) >= 11 is 0. The van der Waals surface area contributed by atoms with E-state index in [0.29, 0.717) is 34.1 Å². The van der Waals surface area contributed by atoms with E-state index in [4.69, 9.17) is 14.2 Å². The molecule has 2 aromatic carbocycles. The third-order valence-electron chi connectivity index (χ3n) is 4.38. The number of carbonyl (C=O) groups excluding carboxylic acids is 1. The second-order valence-electron chi connectivity index (χ2n) is 6.15. The first-order valence-corrected chi connectivity index (χ1v) is 8.47. The highest BCUT2D eigenvalue weighted by Crippen LogP contribution is 2.36. The number of methoxy groups -OCH3 is 3. The Hall–Kier alpha value is -3.28. The van der Waals surface area contributed by atoms with Crippen LogP contribution in [0, 0.1) is 6.92 Å². The molecule has 0 N–H and O–H groups in total. The summed E-state index contributed by atoms with van der Waals surface area (Å²) in [6.45, 7) is 3.81. The number of nitrogens with zero attached hydrogens (tertiary/aromatic N) is 2. The average molecular weight is 366 g/mol. The van der Waals surface area contributed by atoms with Gasteiger partial charge in [0, 0.05) is 11.6 Å². The molecule has 6 nitrogen and oxygen atoms in total. The zero-order valence-corrected chi connectivity index (χ0v) is 16.1. The lowest BCUT2D eigenvalue weighted by atomic mass is 10.1. The monoisotopic (exact) mass is 366 g/mol. The van der Waals surface area contributed by atoms with E-state index < -0.39 is 0 Å². The Morgan fingerprint density at radius 3 is 2.07 bits per heavy atom. The van der Waals surface area contributed by atoms with Gasteiger partial charge in [0.1, 0.15) is 5.75 Å². The van der Waals surface area contributed by atoms with Gasteiger partial charge >= 0.3 is 0 Å². The summed E-state index contributed by atoms with van der Waals surface area (Å²) in [7, 11) is 4.69. The molecule has 0 bridgehead atoms. The van der Waals surface area contributed by atoms with E-state index in [2.05, 4.69) is 5.10 Å². The van der Waals surface area contributed by atoms with Crippen LogP contribution in [-0.4, -0.2) is 32.9 Å². The number of amides is 1. The second-order valence-corrected chi connectivity index (χ2v) is 6.15. The zero-order valence-electron chi connectivity index (χ0n) is 16.1. The molecule has 0 aromatic heterocycles. The van der Waals surface area contributed by atoms with Gasteiger partial charge in [0.05, 0.1) is 38.3 Å². The van der Waals surface area contributed by atoms with Crippen LogP contribution in [0.5, 0.6) is 17.2 Å². The van der Waals surface area contributed by atoms with Crippen LogP contribution in [-0.2, 0) is 4.79 Å². The molecule has 0 radical (unpaired) electrons. The van der Waals surface area contributed by atoms with Gasteiger partial charge in [-0.1, -0.05) is 17.7 Å². The van der Waals surface area contributed by atoms with Crippen molar-refractivity contribution < 1.29 is 19.0 Å². The fourth-order valence-corrected chi connectivity index (χ4v) is 2.87. The molecule has 0 fully saturated rings. The molecule has 1 aliphatic heterocycles. The Bertz CT molecular complexity index is 930. The molecule has 0 aliphatic carbocycles. The van der Waals surface area contributed by atoms with E-state index in [1.165, 1.54) is 5.01 Å². The van der Waals surface area contributed by atoms with E-state index in [1.54, 1.807) is 39.5 Å². The van der Waals surface area contributed by atoms with Crippen molar-refractivity contribution in [2.24, 2.45) is 5.10 Å². The minimum absolute atomic E-state index is 0.187. The summed E-state index contributed by atoms with van der Waals surface area (Å²) in [5.41, 5.74) is 3.70. The molecular weight excluding hydrogens is 344 g/mol. The van der Waals surface area contributed by atoms with E-state index >= 15 is 0 Å². The summed E-state index contributed by atoms with van der Waals surface area (Å²) in [6, 6.07) is 11.2. The van der Waals surface area contributed by atoms with E-state index in [-0.39, 0.29) is 5.91 Å². The summed E-state index contributed by atoms with van der Waals surface area (Å²) in [6.07, 6.45) is 1.76. The summed E-state index contributed by atoms with van der Waals surface area (Å²) in [5, 5.41) is 5.82. The van der Waals surface area contributed by atoms with Crippen molar-refractivity contribution in [3.8, 4) is 17.2 Å². The molecule has 140 valence electrons. The lowest BCUT2D eigenvalue weighted by Crippen LogP contribution is -2.21. The third-order valence-corrected chi connectivity index (χ3v) is 4.38. The molecule has 0 saturated carbocycles. The van der Waals surface area contributed by atoms with Gasteiger partial charge in [0.2, 0.25) is 0 Å². The average Bonchev–Trinajstić information content (AvgIpc) is 2.96. The van der Waals surface area contributed by atoms with Crippen molar-refractivity contribution in [2.75, 3.05) is 26.3 Å². The molecule has 27 heavy (non-hydrogen) atoms. The van der Waals surface area contributed by atoms with Crippen molar-refractivity contribution in [2.45, 2.75) is 13.8 Å². The smallest absolute Gasteiger partial charge is 0.280 e. The van der Waals surface area contributed by atoms with Crippen LogP contribution in [0.4, 0.5) is 5.69 Å². The Morgan fingerprint density at radius 2 is 1.48 bits per heavy atom. The number of benzene rings is 2. The molecule has 0 spiro atoms. The van der Waals surface area contributed by atoms with Crippen molar-refractivity contribution in [3.63, 3.8) is 0 Å². The van der Waals surface area contributed by atoms with Crippen LogP contribution in [0.3, 0.4) is 0 Å². The normalized spacial score (nSPS) is 15.1. The van der Waals surface area contributed by atoms with Crippen LogP contribution in [0.25, 0.3) is 6.08 Å². The number of aryl methyl sites for hydroxylation is 1. The van der Waals surface area contributed by atoms with Gasteiger partial charge in [-0.3, -0.25) is 4.79 Å². The van der Waals surface area contributed by atoms with Crippen molar-refractivity contribution in [1.29, 1.82) is 0 Å². The van der Waals surface area contributed by atoms with Crippen LogP contribution < -0.4 is 19.2 Å². The summed E-state index contributed by atoms with van der Waals surface area (Å²) < 4.78 is 16.1. The number of carbonyl (C=O) groups is 1. The molecule has 1 aliphatic rings. The zero-order chi connectivity index (χ0) is 19.6. The van der Waals surface area contributed by atoms with Crippen LogP contribution in [0.1, 0.15) is 18.1 Å². The molecule has 0 atom stereocenters. The Morgan fingerprint density at radius 1 is 0.889 bits per heavy atom. The third kappa shape index (κ3) is 3.51. The Balaban J connectivity index is 2.01. The van der Waals surface area contributed by atoms with Crippen molar-refractivity contribution >= 4 is 23.4 Å². The summed E-state index contributed by atoms with van der Waals surface area (Å²) in [4.78, 5) is 12.9. The van der Waals surface area contributed by atoms with E-state index in [9.17, 15) is 4.79 Å². The molecule has 6 heteroatoms. The van der Waals surface area contributed by atoms with Crippen LogP contribution in [0.15, 0.2) is 47.1 Å². The van der Waals surface area contributed by atoms with Gasteiger partial charge in [-0.15, -0.1) is 0 Å². The van der Waals surface area contributed by atoms with Gasteiger partial charge in [-0.2, -0.15) is 10.1 Å². The van der Waals surface area contributed by atoms with Gasteiger partial charge < -0.3 is 14.2 Å². The highest BCUT2D eigenvalue weighted by atomic mass is 16.5. The number of ether oxygens (including phenoxy) is 3. The SMILES string of the molecule is COc1cc(OC)c(OC)cc1/C=C1/C(=O)N(c2ccc(C)cc2)N=C1C. The van der Waals surface area contributed by atoms with Gasteiger partial charge in [0.15, 0.2) is 11.5 Å².